The number of hydrogen-bond acceptors (Lipinski definition) is 1. The van der Waals surface area contributed by atoms with Crippen LogP contribution in [0.5, 0.6) is 0 Å². The maximum absolute atomic E-state index is 11.6. The minimum absolute atomic E-state index is 0.0407. The lowest BCUT2D eigenvalue weighted by atomic mass is 9.86. The van der Waals surface area contributed by atoms with Gasteiger partial charge >= 0.3 is 0 Å². The first kappa shape index (κ1) is 13.8. The summed E-state index contributed by atoms with van der Waals surface area (Å²) in [7, 11) is 0. The Balaban J connectivity index is 2.15. The van der Waals surface area contributed by atoms with Crippen LogP contribution in [0.1, 0.15) is 53.4 Å². The summed E-state index contributed by atoms with van der Waals surface area (Å²) in [5.41, 5.74) is 7.01. The first-order valence-electron chi connectivity index (χ1n) is 7.34. The molecule has 0 fully saturated rings. The third-order valence-corrected chi connectivity index (χ3v) is 4.28. The number of Topliss-reactive ketones (excluding diaryl/α,β-unsaturated/α-hetero) is 1. The quantitative estimate of drug-likeness (QED) is 0.711. The normalized spacial score (nSPS) is 15.5. The minimum Gasteiger partial charge on any atom is -0.295 e. The molecule has 21 heavy (non-hydrogen) atoms. The Labute approximate surface area is 126 Å². The number of carbonyl (C=O) groups is 1. The van der Waals surface area contributed by atoms with E-state index in [1.807, 2.05) is 6.07 Å². The van der Waals surface area contributed by atoms with Crippen molar-refractivity contribution < 1.29 is 4.79 Å². The number of ketones is 1. The van der Waals surface area contributed by atoms with E-state index in [0.29, 0.717) is 0 Å². The second-order valence-corrected chi connectivity index (χ2v) is 6.46. The highest BCUT2D eigenvalue weighted by Gasteiger charge is 2.30. The summed E-state index contributed by atoms with van der Waals surface area (Å²) in [6.45, 7) is 8.13. The van der Waals surface area contributed by atoms with Crippen LogP contribution in [0.15, 0.2) is 48.5 Å². The van der Waals surface area contributed by atoms with Crippen LogP contribution >= 0.6 is 0 Å². The van der Waals surface area contributed by atoms with Crippen molar-refractivity contribution in [3.05, 3.63) is 76.4 Å². The molecule has 0 heterocycles. The summed E-state index contributed by atoms with van der Waals surface area (Å²) in [6.07, 6.45) is 2.31. The number of allylic oxidation sites excluding steroid dienone is 1. The van der Waals surface area contributed by atoms with Crippen LogP contribution in [0.2, 0.25) is 0 Å². The van der Waals surface area contributed by atoms with E-state index < -0.39 is 0 Å². The summed E-state index contributed by atoms with van der Waals surface area (Å²) in [5, 5.41) is 0. The van der Waals surface area contributed by atoms with Crippen molar-refractivity contribution in [2.75, 3.05) is 0 Å². The maximum Gasteiger partial charge on any atom is 0.159 e. The summed E-state index contributed by atoms with van der Waals surface area (Å²) in [4.78, 5) is 11.6. The number of fused-ring (bicyclic) bond motifs is 1. The molecule has 1 aliphatic carbocycles. The fraction of sp³-hybridized carbons (Fsp3) is 0.250. The van der Waals surface area contributed by atoms with Crippen molar-refractivity contribution in [2.24, 2.45) is 0 Å². The van der Waals surface area contributed by atoms with E-state index in [1.54, 1.807) is 6.92 Å². The Morgan fingerprint density at radius 2 is 1.67 bits per heavy atom. The molecule has 0 amide bonds. The number of carbonyl (C=O) groups excluding carboxylic acids is 1. The molecule has 0 spiro atoms. The van der Waals surface area contributed by atoms with Crippen molar-refractivity contribution in [3.63, 3.8) is 0 Å². The summed E-state index contributed by atoms with van der Waals surface area (Å²) in [5.74, 6) is 0.123. The molecule has 0 bridgehead atoms. The molecule has 0 atom stereocenters. The largest absolute Gasteiger partial charge is 0.295 e. The van der Waals surface area contributed by atoms with Crippen molar-refractivity contribution in [1.29, 1.82) is 0 Å². The van der Waals surface area contributed by atoms with Crippen LogP contribution in [0, 0.1) is 6.92 Å². The van der Waals surface area contributed by atoms with Crippen molar-refractivity contribution in [3.8, 4) is 0 Å². The van der Waals surface area contributed by atoms with E-state index in [4.69, 9.17) is 0 Å². The molecule has 0 N–H and O–H groups in total. The Bertz CT molecular complexity index is 746. The highest BCUT2D eigenvalue weighted by molar-refractivity contribution is 5.96. The highest BCUT2D eigenvalue weighted by atomic mass is 16.1. The Morgan fingerprint density at radius 1 is 1.00 bits per heavy atom. The molecule has 0 unspecified atom stereocenters. The van der Waals surface area contributed by atoms with Gasteiger partial charge in [-0.15, -0.1) is 0 Å². The lowest BCUT2D eigenvalue weighted by molar-refractivity contribution is 0.101. The Kier molecular flexibility index (Phi) is 3.09. The van der Waals surface area contributed by atoms with Gasteiger partial charge in [0.05, 0.1) is 0 Å². The molecule has 2 aromatic carbocycles. The van der Waals surface area contributed by atoms with Crippen molar-refractivity contribution in [1.82, 2.24) is 0 Å². The molecule has 0 aromatic heterocycles. The summed E-state index contributed by atoms with van der Waals surface area (Å²) >= 11 is 0. The Hall–Kier alpha value is -2.15. The van der Waals surface area contributed by atoms with Gasteiger partial charge in [0.15, 0.2) is 5.78 Å². The topological polar surface area (TPSA) is 17.1 Å². The third kappa shape index (κ3) is 2.33. The van der Waals surface area contributed by atoms with Crippen LogP contribution in [-0.2, 0) is 5.41 Å². The average molecular weight is 276 g/mol. The van der Waals surface area contributed by atoms with Gasteiger partial charge in [-0.05, 0) is 42.2 Å². The van der Waals surface area contributed by atoms with Crippen LogP contribution in [0.3, 0.4) is 0 Å². The van der Waals surface area contributed by atoms with E-state index >= 15 is 0 Å². The zero-order valence-electron chi connectivity index (χ0n) is 13.0. The molecular formula is C20H20O. The van der Waals surface area contributed by atoms with Gasteiger partial charge in [-0.1, -0.05) is 61.9 Å². The second kappa shape index (κ2) is 4.70. The third-order valence-electron chi connectivity index (χ3n) is 4.28. The average Bonchev–Trinajstić information content (AvgIpc) is 2.71. The molecule has 0 saturated heterocycles. The Morgan fingerprint density at radius 3 is 2.29 bits per heavy atom. The fourth-order valence-electron chi connectivity index (χ4n) is 3.02. The van der Waals surface area contributed by atoms with E-state index in [2.05, 4.69) is 63.2 Å². The summed E-state index contributed by atoms with van der Waals surface area (Å²) < 4.78 is 0. The molecule has 2 aromatic rings. The zero-order valence-corrected chi connectivity index (χ0v) is 13.0. The van der Waals surface area contributed by atoms with Gasteiger partial charge in [0.1, 0.15) is 0 Å². The maximum atomic E-state index is 11.6. The zero-order chi connectivity index (χ0) is 15.2. The predicted molar refractivity (Wildman–Crippen MR) is 87.7 cm³/mol. The number of hydrogen-bond donors (Lipinski definition) is 0. The molecule has 1 nitrogen and oxygen atoms in total. The lowest BCUT2D eigenvalue weighted by Gasteiger charge is -2.18. The van der Waals surface area contributed by atoms with Crippen LogP contribution in [-0.4, -0.2) is 5.78 Å². The molecule has 1 aliphatic rings. The van der Waals surface area contributed by atoms with Gasteiger partial charge in [0.2, 0.25) is 0 Å². The van der Waals surface area contributed by atoms with E-state index in [1.165, 1.54) is 27.8 Å². The first-order valence-corrected chi connectivity index (χ1v) is 7.34. The van der Waals surface area contributed by atoms with Gasteiger partial charge in [-0.25, -0.2) is 0 Å². The molecule has 0 saturated carbocycles. The SMILES string of the molecule is CC(=O)c1ccc2c(c1)C(C)(C)C=C2c1ccc(C)cc1. The second-order valence-electron chi connectivity index (χ2n) is 6.46. The fourth-order valence-corrected chi connectivity index (χ4v) is 3.02. The van der Waals surface area contributed by atoms with Gasteiger partial charge in [-0.2, -0.15) is 0 Å². The predicted octanol–water partition coefficient (Wildman–Crippen LogP) is 4.92. The van der Waals surface area contributed by atoms with Gasteiger partial charge in [0, 0.05) is 11.0 Å². The highest BCUT2D eigenvalue weighted by Crippen LogP contribution is 2.43. The number of aryl methyl sites for hydroxylation is 1. The molecule has 0 radical (unpaired) electrons. The van der Waals surface area contributed by atoms with Crippen molar-refractivity contribution in [2.45, 2.75) is 33.1 Å². The standard InChI is InChI=1S/C20H20O/c1-13-5-7-15(8-6-13)18-12-20(3,4)19-11-16(14(2)21)9-10-17(18)19/h5-12H,1-4H3. The van der Waals surface area contributed by atoms with E-state index in [-0.39, 0.29) is 11.2 Å². The van der Waals surface area contributed by atoms with Crippen LogP contribution < -0.4 is 0 Å². The summed E-state index contributed by atoms with van der Waals surface area (Å²) in [6, 6.07) is 14.7. The number of benzene rings is 2. The molecule has 106 valence electrons. The van der Waals surface area contributed by atoms with Crippen LogP contribution in [0.25, 0.3) is 5.57 Å². The number of rotatable bonds is 2. The van der Waals surface area contributed by atoms with Gasteiger partial charge < -0.3 is 0 Å². The first-order chi connectivity index (χ1) is 9.88. The van der Waals surface area contributed by atoms with Gasteiger partial charge in [-0.3, -0.25) is 4.79 Å². The molecule has 1 heteroatoms. The van der Waals surface area contributed by atoms with E-state index in [9.17, 15) is 4.79 Å². The smallest absolute Gasteiger partial charge is 0.159 e. The van der Waals surface area contributed by atoms with E-state index in [0.717, 1.165) is 5.56 Å². The monoisotopic (exact) mass is 276 g/mol. The van der Waals surface area contributed by atoms with Gasteiger partial charge in [0.25, 0.3) is 0 Å². The molecule has 0 aliphatic heterocycles. The van der Waals surface area contributed by atoms with Crippen molar-refractivity contribution >= 4 is 11.4 Å². The molecule has 3 rings (SSSR count). The lowest BCUT2D eigenvalue weighted by Crippen LogP contribution is -2.11. The molecular weight excluding hydrogens is 256 g/mol. The van der Waals surface area contributed by atoms with Crippen LogP contribution in [0.4, 0.5) is 0 Å². The minimum atomic E-state index is -0.0407.